The Balaban J connectivity index is 1.17. The lowest BCUT2D eigenvalue weighted by atomic mass is 9.79. The molecule has 2 aliphatic rings. The number of aldehydes is 1. The Kier molecular flexibility index (Phi) is 6.59. The molecule has 1 saturated carbocycles. The number of carbonyl (C=O) groups is 1. The van der Waals surface area contributed by atoms with Gasteiger partial charge in [-0.05, 0) is 84.5 Å². The average molecular weight is 440 g/mol. The van der Waals surface area contributed by atoms with Gasteiger partial charge in [0.1, 0.15) is 12.0 Å². The van der Waals surface area contributed by atoms with E-state index < -0.39 is 0 Å². The van der Waals surface area contributed by atoms with Crippen molar-refractivity contribution < 1.29 is 9.53 Å². The molecule has 1 N–H and O–H groups in total. The van der Waals surface area contributed by atoms with Gasteiger partial charge in [-0.3, -0.25) is 0 Å². The van der Waals surface area contributed by atoms with Crippen molar-refractivity contribution in [3.8, 4) is 16.9 Å². The number of fused-ring (bicyclic) bond motifs is 1. The molecular weight excluding hydrogens is 406 g/mol. The quantitative estimate of drug-likeness (QED) is 0.423. The molecule has 0 spiro atoms. The Bertz CT molecular complexity index is 1100. The van der Waals surface area contributed by atoms with Gasteiger partial charge in [-0.2, -0.15) is 0 Å². The molecule has 170 valence electrons. The summed E-state index contributed by atoms with van der Waals surface area (Å²) in [4.78, 5) is 10.9. The molecule has 3 heteroatoms. The molecule has 3 aromatic carbocycles. The van der Waals surface area contributed by atoms with E-state index in [1.807, 2.05) is 0 Å². The first kappa shape index (κ1) is 21.9. The first-order valence-electron chi connectivity index (χ1n) is 12.3. The highest BCUT2D eigenvalue weighted by atomic mass is 16.5. The van der Waals surface area contributed by atoms with E-state index >= 15 is 0 Å². The van der Waals surface area contributed by atoms with Crippen LogP contribution in [0, 0.1) is 12.8 Å². The van der Waals surface area contributed by atoms with E-state index in [0.29, 0.717) is 18.7 Å². The van der Waals surface area contributed by atoms with Gasteiger partial charge in [-0.15, -0.1) is 0 Å². The molecule has 3 nitrogen and oxygen atoms in total. The lowest BCUT2D eigenvalue weighted by Crippen LogP contribution is -2.44. The van der Waals surface area contributed by atoms with Crippen molar-refractivity contribution in [1.29, 1.82) is 0 Å². The van der Waals surface area contributed by atoms with E-state index in [9.17, 15) is 4.79 Å². The number of hydrogen-bond donors (Lipinski definition) is 1. The third kappa shape index (κ3) is 5.04. The van der Waals surface area contributed by atoms with Crippen molar-refractivity contribution >= 4 is 6.29 Å². The zero-order valence-electron chi connectivity index (χ0n) is 19.4. The second-order valence-corrected chi connectivity index (χ2v) is 9.65. The van der Waals surface area contributed by atoms with E-state index in [-0.39, 0.29) is 5.92 Å². The fourth-order valence-electron chi connectivity index (χ4n) is 5.36. The second-order valence-electron chi connectivity index (χ2n) is 9.65. The zero-order valence-corrected chi connectivity index (χ0v) is 19.4. The van der Waals surface area contributed by atoms with Crippen molar-refractivity contribution in [2.75, 3.05) is 6.61 Å². The fraction of sp³-hybridized carbons (Fsp3) is 0.367. The van der Waals surface area contributed by atoms with Crippen LogP contribution >= 0.6 is 0 Å². The summed E-state index contributed by atoms with van der Waals surface area (Å²) in [6.07, 6.45) is 7.47. The van der Waals surface area contributed by atoms with Crippen LogP contribution in [0.1, 0.15) is 54.0 Å². The van der Waals surface area contributed by atoms with Crippen molar-refractivity contribution in [3.63, 3.8) is 0 Å². The summed E-state index contributed by atoms with van der Waals surface area (Å²) in [5.74, 6) is 1.23. The maximum atomic E-state index is 10.9. The summed E-state index contributed by atoms with van der Waals surface area (Å²) in [7, 11) is 0. The molecule has 0 heterocycles. The minimum atomic E-state index is 0.264. The summed E-state index contributed by atoms with van der Waals surface area (Å²) in [5, 5.41) is 3.78. The van der Waals surface area contributed by atoms with E-state index in [1.54, 1.807) is 0 Å². The van der Waals surface area contributed by atoms with E-state index in [2.05, 4.69) is 79.0 Å². The summed E-state index contributed by atoms with van der Waals surface area (Å²) < 4.78 is 6.15. The Labute approximate surface area is 197 Å². The van der Waals surface area contributed by atoms with Crippen LogP contribution in [0.3, 0.4) is 0 Å². The van der Waals surface area contributed by atoms with Crippen LogP contribution in [0.2, 0.25) is 0 Å². The SMILES string of the molecule is Cc1cc(CCOc2ccc3c(c2)CCCC3NC2CC(C=O)C2)ccc1-c1ccccc1. The van der Waals surface area contributed by atoms with Crippen molar-refractivity contribution in [2.45, 2.75) is 57.5 Å². The van der Waals surface area contributed by atoms with Gasteiger partial charge in [-0.1, -0.05) is 54.6 Å². The van der Waals surface area contributed by atoms with Gasteiger partial charge in [0.05, 0.1) is 6.61 Å². The number of rotatable bonds is 8. The molecule has 1 unspecified atom stereocenters. The third-order valence-electron chi connectivity index (χ3n) is 7.27. The minimum Gasteiger partial charge on any atom is -0.493 e. The number of carbonyl (C=O) groups excluding carboxylic acids is 1. The minimum absolute atomic E-state index is 0.264. The molecular formula is C30H33NO2. The van der Waals surface area contributed by atoms with Gasteiger partial charge in [0.2, 0.25) is 0 Å². The smallest absolute Gasteiger partial charge is 0.123 e. The lowest BCUT2D eigenvalue weighted by molar-refractivity contribution is -0.113. The molecule has 0 bridgehead atoms. The van der Waals surface area contributed by atoms with Gasteiger partial charge in [0.15, 0.2) is 0 Å². The average Bonchev–Trinajstić information content (AvgIpc) is 2.81. The molecule has 0 saturated heterocycles. The van der Waals surface area contributed by atoms with Crippen LogP contribution in [-0.4, -0.2) is 18.9 Å². The molecule has 2 aliphatic carbocycles. The maximum Gasteiger partial charge on any atom is 0.123 e. The van der Waals surface area contributed by atoms with Crippen LogP contribution in [-0.2, 0) is 17.6 Å². The molecule has 0 aliphatic heterocycles. The Morgan fingerprint density at radius 1 is 1.03 bits per heavy atom. The fourth-order valence-corrected chi connectivity index (χ4v) is 5.36. The van der Waals surface area contributed by atoms with E-state index in [0.717, 1.165) is 37.7 Å². The Morgan fingerprint density at radius 2 is 1.88 bits per heavy atom. The zero-order chi connectivity index (χ0) is 22.6. The number of benzene rings is 3. The van der Waals surface area contributed by atoms with Gasteiger partial charge in [0, 0.05) is 24.4 Å². The normalized spacial score (nSPS) is 21.7. The third-order valence-corrected chi connectivity index (χ3v) is 7.27. The highest BCUT2D eigenvalue weighted by molar-refractivity contribution is 5.67. The number of ether oxygens (including phenoxy) is 1. The largest absolute Gasteiger partial charge is 0.493 e. The molecule has 0 amide bonds. The molecule has 33 heavy (non-hydrogen) atoms. The topological polar surface area (TPSA) is 38.3 Å². The van der Waals surface area contributed by atoms with Crippen molar-refractivity contribution in [1.82, 2.24) is 5.32 Å². The summed E-state index contributed by atoms with van der Waals surface area (Å²) in [6, 6.07) is 24.8. The van der Waals surface area contributed by atoms with Gasteiger partial charge < -0.3 is 14.8 Å². The van der Waals surface area contributed by atoms with E-state index in [4.69, 9.17) is 4.74 Å². The molecule has 1 fully saturated rings. The predicted octanol–water partition coefficient (Wildman–Crippen LogP) is 6.23. The van der Waals surface area contributed by atoms with Crippen LogP contribution in [0.5, 0.6) is 5.75 Å². The molecule has 5 rings (SSSR count). The second kappa shape index (κ2) is 9.93. The summed E-state index contributed by atoms with van der Waals surface area (Å²) in [5.41, 5.74) is 7.99. The Hall–Kier alpha value is -2.91. The molecule has 0 aromatic heterocycles. The molecule has 3 aromatic rings. The molecule has 1 atom stereocenters. The van der Waals surface area contributed by atoms with E-state index in [1.165, 1.54) is 46.2 Å². The van der Waals surface area contributed by atoms with Gasteiger partial charge in [0.25, 0.3) is 0 Å². The Morgan fingerprint density at radius 3 is 2.67 bits per heavy atom. The molecule has 0 radical (unpaired) electrons. The first-order valence-corrected chi connectivity index (χ1v) is 12.3. The van der Waals surface area contributed by atoms with Crippen LogP contribution in [0.25, 0.3) is 11.1 Å². The standard InChI is InChI=1S/C30H33NO2/c1-21-16-22(10-12-28(21)24-6-3-2-4-7-24)14-15-33-27-11-13-29-25(19-27)8-5-9-30(29)31-26-17-23(18-26)20-32/h2-4,6-7,10-13,16,19-20,23,26,30-31H,5,8-9,14-15,17-18H2,1H3. The number of nitrogens with one attached hydrogen (secondary N) is 1. The van der Waals surface area contributed by atoms with Crippen LogP contribution in [0.4, 0.5) is 0 Å². The van der Waals surface area contributed by atoms with Crippen LogP contribution in [0.15, 0.2) is 66.7 Å². The number of hydrogen-bond acceptors (Lipinski definition) is 3. The monoisotopic (exact) mass is 439 g/mol. The highest BCUT2D eigenvalue weighted by Gasteiger charge is 2.31. The predicted molar refractivity (Wildman–Crippen MR) is 134 cm³/mol. The summed E-state index contributed by atoms with van der Waals surface area (Å²) in [6.45, 7) is 2.86. The van der Waals surface area contributed by atoms with Crippen molar-refractivity contribution in [2.24, 2.45) is 5.92 Å². The number of aryl methyl sites for hydroxylation is 2. The summed E-state index contributed by atoms with van der Waals surface area (Å²) >= 11 is 0. The highest BCUT2D eigenvalue weighted by Crippen LogP contribution is 2.35. The first-order chi connectivity index (χ1) is 16.2. The van der Waals surface area contributed by atoms with Crippen LogP contribution < -0.4 is 10.1 Å². The van der Waals surface area contributed by atoms with Gasteiger partial charge in [-0.25, -0.2) is 0 Å². The van der Waals surface area contributed by atoms with Crippen molar-refractivity contribution in [3.05, 3.63) is 89.0 Å². The van der Waals surface area contributed by atoms with Gasteiger partial charge >= 0.3 is 0 Å². The maximum absolute atomic E-state index is 10.9. The lowest BCUT2D eigenvalue weighted by Gasteiger charge is -2.37.